The summed E-state index contributed by atoms with van der Waals surface area (Å²) in [4.78, 5) is 9.01. The van der Waals surface area contributed by atoms with E-state index in [1.165, 1.54) is 0 Å². The molecular formula is C19H33IN6O2. The zero-order valence-electron chi connectivity index (χ0n) is 17.0. The van der Waals surface area contributed by atoms with Crippen LogP contribution < -0.4 is 10.6 Å². The molecular weight excluding hydrogens is 471 g/mol. The first-order valence-corrected chi connectivity index (χ1v) is 9.80. The lowest BCUT2D eigenvalue weighted by molar-refractivity contribution is 0.0306. The van der Waals surface area contributed by atoms with Gasteiger partial charge in [-0.1, -0.05) is 26.7 Å². The molecule has 0 spiro atoms. The molecule has 0 aliphatic rings. The highest BCUT2D eigenvalue weighted by molar-refractivity contribution is 14.0. The van der Waals surface area contributed by atoms with Crippen molar-refractivity contribution in [1.29, 1.82) is 0 Å². The van der Waals surface area contributed by atoms with Crippen LogP contribution in [0.1, 0.15) is 52.3 Å². The van der Waals surface area contributed by atoms with Gasteiger partial charge in [0.05, 0.1) is 18.4 Å². The molecule has 8 nitrogen and oxygen atoms in total. The predicted octanol–water partition coefficient (Wildman–Crippen LogP) is 3.11. The van der Waals surface area contributed by atoms with Gasteiger partial charge in [0.2, 0.25) is 5.82 Å². The zero-order valence-corrected chi connectivity index (χ0v) is 19.3. The van der Waals surface area contributed by atoms with Gasteiger partial charge in [-0.25, -0.2) is 4.98 Å². The van der Waals surface area contributed by atoms with Crippen LogP contribution in [0.3, 0.4) is 0 Å². The molecule has 0 saturated carbocycles. The largest absolute Gasteiger partial charge is 0.461 e. The first kappa shape index (κ1) is 24.4. The van der Waals surface area contributed by atoms with E-state index in [0.29, 0.717) is 37.1 Å². The van der Waals surface area contributed by atoms with E-state index < -0.39 is 5.60 Å². The van der Waals surface area contributed by atoms with E-state index in [9.17, 15) is 5.11 Å². The molecule has 0 aromatic carbocycles. The second-order valence-electron chi connectivity index (χ2n) is 6.68. The molecule has 0 unspecified atom stereocenters. The Kier molecular flexibility index (Phi) is 11.1. The van der Waals surface area contributed by atoms with Gasteiger partial charge in [0.15, 0.2) is 11.7 Å². The molecule has 0 atom stereocenters. The van der Waals surface area contributed by atoms with Gasteiger partial charge in [-0.3, -0.25) is 10.1 Å². The third kappa shape index (κ3) is 7.78. The summed E-state index contributed by atoms with van der Waals surface area (Å²) in [5.74, 6) is 2.68. The van der Waals surface area contributed by atoms with E-state index >= 15 is 0 Å². The predicted molar refractivity (Wildman–Crippen MR) is 122 cm³/mol. The standard InChI is InChI=1S/C19H32N6O2.HI/c1-4-10-19(26,11-5-2)14-22-18(20-6-3)21-12-9-16-23-17(25-24-16)15-8-7-13-27-15;/h7-8,13,26H,4-6,9-12,14H2,1-3H3,(H2,20,21,22)(H,23,24,25);1H. The van der Waals surface area contributed by atoms with E-state index in [0.717, 1.165) is 38.1 Å². The Morgan fingerprint density at radius 3 is 2.61 bits per heavy atom. The summed E-state index contributed by atoms with van der Waals surface area (Å²) < 4.78 is 5.30. The summed E-state index contributed by atoms with van der Waals surface area (Å²) in [5.41, 5.74) is -0.727. The average Bonchev–Trinajstić information content (AvgIpc) is 3.32. The van der Waals surface area contributed by atoms with Crippen molar-refractivity contribution >= 4 is 29.9 Å². The first-order valence-electron chi connectivity index (χ1n) is 9.80. The number of aliphatic imine (C=N–C) groups is 1. The summed E-state index contributed by atoms with van der Waals surface area (Å²) in [7, 11) is 0. The minimum Gasteiger partial charge on any atom is -0.461 e. The van der Waals surface area contributed by atoms with Gasteiger partial charge in [-0.2, -0.15) is 5.10 Å². The van der Waals surface area contributed by atoms with Crippen molar-refractivity contribution in [3.8, 4) is 11.6 Å². The van der Waals surface area contributed by atoms with E-state index in [4.69, 9.17) is 4.42 Å². The van der Waals surface area contributed by atoms with Gasteiger partial charge in [-0.15, -0.1) is 24.0 Å². The number of aliphatic hydroxyl groups is 1. The van der Waals surface area contributed by atoms with Crippen molar-refractivity contribution in [2.75, 3.05) is 19.6 Å². The maximum Gasteiger partial charge on any atom is 0.216 e. The molecule has 2 heterocycles. The minimum atomic E-state index is -0.727. The first-order chi connectivity index (χ1) is 13.1. The lowest BCUT2D eigenvalue weighted by Crippen LogP contribution is -2.41. The van der Waals surface area contributed by atoms with Gasteiger partial charge in [-0.05, 0) is 31.9 Å². The molecule has 0 saturated heterocycles. The summed E-state index contributed by atoms with van der Waals surface area (Å²) in [6.45, 7) is 8.00. The number of rotatable bonds is 11. The van der Waals surface area contributed by atoms with Crippen molar-refractivity contribution in [3.05, 3.63) is 24.2 Å². The van der Waals surface area contributed by atoms with Crippen LogP contribution in [0.15, 0.2) is 27.8 Å². The zero-order chi connectivity index (χ0) is 19.5. The van der Waals surface area contributed by atoms with Crippen LogP contribution in [0.4, 0.5) is 0 Å². The maximum absolute atomic E-state index is 10.7. The lowest BCUT2D eigenvalue weighted by atomic mass is 9.93. The number of aromatic amines is 1. The van der Waals surface area contributed by atoms with Crippen LogP contribution >= 0.6 is 24.0 Å². The molecule has 0 aliphatic carbocycles. The van der Waals surface area contributed by atoms with Crippen molar-refractivity contribution in [2.24, 2.45) is 4.99 Å². The Balaban J connectivity index is 0.00000392. The molecule has 0 bridgehead atoms. The molecule has 2 aromatic heterocycles. The van der Waals surface area contributed by atoms with Gasteiger partial charge in [0.1, 0.15) is 5.82 Å². The summed E-state index contributed by atoms with van der Waals surface area (Å²) in [5, 5.41) is 24.3. The van der Waals surface area contributed by atoms with Crippen molar-refractivity contribution < 1.29 is 9.52 Å². The third-order valence-corrected chi connectivity index (χ3v) is 4.23. The Morgan fingerprint density at radius 1 is 1.25 bits per heavy atom. The minimum absolute atomic E-state index is 0. The Morgan fingerprint density at radius 2 is 2.00 bits per heavy atom. The molecule has 2 rings (SSSR count). The van der Waals surface area contributed by atoms with Gasteiger partial charge < -0.3 is 20.2 Å². The Labute approximate surface area is 184 Å². The van der Waals surface area contributed by atoms with Crippen molar-refractivity contribution in [3.63, 3.8) is 0 Å². The molecule has 28 heavy (non-hydrogen) atoms. The fourth-order valence-corrected chi connectivity index (χ4v) is 3.00. The smallest absolute Gasteiger partial charge is 0.216 e. The van der Waals surface area contributed by atoms with Crippen LogP contribution in [0.25, 0.3) is 11.6 Å². The van der Waals surface area contributed by atoms with Gasteiger partial charge in [0.25, 0.3) is 0 Å². The Hall–Kier alpha value is -1.62. The number of nitrogens with zero attached hydrogens (tertiary/aromatic N) is 3. The van der Waals surface area contributed by atoms with E-state index in [2.05, 4.69) is 44.7 Å². The van der Waals surface area contributed by atoms with E-state index in [-0.39, 0.29) is 24.0 Å². The topological polar surface area (TPSA) is 111 Å². The van der Waals surface area contributed by atoms with Crippen LogP contribution in [-0.2, 0) is 6.42 Å². The number of hydrogen-bond donors (Lipinski definition) is 4. The van der Waals surface area contributed by atoms with Gasteiger partial charge in [0, 0.05) is 19.5 Å². The van der Waals surface area contributed by atoms with Crippen molar-refractivity contribution in [2.45, 2.75) is 58.5 Å². The fraction of sp³-hybridized carbons (Fsp3) is 0.632. The number of H-pyrrole nitrogens is 1. The molecule has 4 N–H and O–H groups in total. The quantitative estimate of drug-likeness (QED) is 0.213. The molecule has 158 valence electrons. The summed E-state index contributed by atoms with van der Waals surface area (Å²) >= 11 is 0. The Bertz CT molecular complexity index is 680. The van der Waals surface area contributed by atoms with Gasteiger partial charge >= 0.3 is 0 Å². The number of furan rings is 1. The normalized spacial score (nSPS) is 11.9. The SMILES string of the molecule is CCCC(O)(CCC)CN=C(NCC)NCCc1nc(-c2ccco2)n[nH]1.I. The molecule has 0 radical (unpaired) electrons. The average molecular weight is 504 g/mol. The van der Waals surface area contributed by atoms with Crippen LogP contribution in [0, 0.1) is 0 Å². The number of nitrogens with one attached hydrogen (secondary N) is 3. The summed E-state index contributed by atoms with van der Waals surface area (Å²) in [6, 6.07) is 3.64. The van der Waals surface area contributed by atoms with Crippen molar-refractivity contribution in [1.82, 2.24) is 25.8 Å². The number of aromatic nitrogens is 3. The van der Waals surface area contributed by atoms with E-state index in [1.807, 2.05) is 19.1 Å². The highest BCUT2D eigenvalue weighted by atomic mass is 127. The second kappa shape index (κ2) is 12.8. The molecule has 2 aromatic rings. The number of hydrogen-bond acceptors (Lipinski definition) is 5. The van der Waals surface area contributed by atoms with Crippen LogP contribution in [-0.4, -0.2) is 51.5 Å². The van der Waals surface area contributed by atoms with Crippen LogP contribution in [0.2, 0.25) is 0 Å². The molecule has 0 amide bonds. The highest BCUT2D eigenvalue weighted by Gasteiger charge is 2.24. The fourth-order valence-electron chi connectivity index (χ4n) is 3.00. The lowest BCUT2D eigenvalue weighted by Gasteiger charge is -2.26. The van der Waals surface area contributed by atoms with E-state index in [1.54, 1.807) is 6.26 Å². The highest BCUT2D eigenvalue weighted by Crippen LogP contribution is 2.19. The number of guanidine groups is 1. The molecule has 0 aliphatic heterocycles. The maximum atomic E-state index is 10.7. The molecule has 0 fully saturated rings. The second-order valence-corrected chi connectivity index (χ2v) is 6.68. The third-order valence-electron chi connectivity index (χ3n) is 4.23. The summed E-state index contributed by atoms with van der Waals surface area (Å²) in [6.07, 6.45) is 5.68. The molecule has 9 heteroatoms. The number of halogens is 1. The van der Waals surface area contributed by atoms with Crippen LogP contribution in [0.5, 0.6) is 0 Å². The monoisotopic (exact) mass is 504 g/mol.